The van der Waals surface area contributed by atoms with Crippen molar-refractivity contribution in [1.29, 1.82) is 0 Å². The van der Waals surface area contributed by atoms with Gasteiger partial charge in [0.15, 0.2) is 0 Å². The Morgan fingerprint density at radius 2 is 1.90 bits per heavy atom. The molecule has 0 radical (unpaired) electrons. The van der Waals surface area contributed by atoms with Crippen molar-refractivity contribution in [2.75, 3.05) is 23.4 Å². The number of nitrogen functional groups attached to an aromatic ring is 1. The van der Waals surface area contributed by atoms with E-state index in [-0.39, 0.29) is 6.10 Å². The summed E-state index contributed by atoms with van der Waals surface area (Å²) in [5.41, 5.74) is 2.46. The van der Waals surface area contributed by atoms with E-state index in [0.29, 0.717) is 23.8 Å². The zero-order valence-electron chi connectivity index (χ0n) is 13.1. The predicted octanol–water partition coefficient (Wildman–Crippen LogP) is 1.82. The maximum atomic E-state index is 5.54. The van der Waals surface area contributed by atoms with Crippen LogP contribution in [0.1, 0.15) is 41.0 Å². The van der Waals surface area contributed by atoms with Crippen LogP contribution in [0.25, 0.3) is 0 Å². The monoisotopic (exact) mass is 282 g/mol. The summed E-state index contributed by atoms with van der Waals surface area (Å²) in [7, 11) is 0. The van der Waals surface area contributed by atoms with Crippen molar-refractivity contribution in [3.63, 3.8) is 0 Å². The zero-order chi connectivity index (χ0) is 15.1. The largest absolute Gasteiger partial charge is 0.461 e. The van der Waals surface area contributed by atoms with Gasteiger partial charge in [0.25, 0.3) is 0 Å². The number of rotatable bonds is 8. The van der Waals surface area contributed by atoms with Gasteiger partial charge in [-0.1, -0.05) is 20.3 Å². The van der Waals surface area contributed by atoms with E-state index in [1.807, 2.05) is 13.8 Å². The fraction of sp³-hybridized carbons (Fsp3) is 0.769. The molecule has 0 saturated heterocycles. The SMILES string of the molecule is CCC(C)CN(CC)c1nc(NN)nc(OC(C)C)n1. The number of anilines is 2. The fourth-order valence-corrected chi connectivity index (χ4v) is 1.67. The first-order valence-corrected chi connectivity index (χ1v) is 7.14. The molecule has 0 amide bonds. The summed E-state index contributed by atoms with van der Waals surface area (Å²) in [6.45, 7) is 12.0. The fourth-order valence-electron chi connectivity index (χ4n) is 1.67. The molecule has 114 valence electrons. The molecular weight excluding hydrogens is 256 g/mol. The van der Waals surface area contributed by atoms with Gasteiger partial charge < -0.3 is 9.64 Å². The average Bonchev–Trinajstić information content (AvgIpc) is 2.43. The van der Waals surface area contributed by atoms with Crippen molar-refractivity contribution in [2.24, 2.45) is 11.8 Å². The summed E-state index contributed by atoms with van der Waals surface area (Å²) < 4.78 is 5.54. The summed E-state index contributed by atoms with van der Waals surface area (Å²) in [5.74, 6) is 6.88. The zero-order valence-corrected chi connectivity index (χ0v) is 13.1. The van der Waals surface area contributed by atoms with Gasteiger partial charge in [-0.3, -0.25) is 5.43 Å². The normalized spacial score (nSPS) is 12.3. The van der Waals surface area contributed by atoms with Crippen LogP contribution in [0.3, 0.4) is 0 Å². The molecule has 0 spiro atoms. The summed E-state index contributed by atoms with van der Waals surface area (Å²) >= 11 is 0. The van der Waals surface area contributed by atoms with Crippen LogP contribution in [-0.2, 0) is 0 Å². The van der Waals surface area contributed by atoms with E-state index in [1.165, 1.54) is 0 Å². The van der Waals surface area contributed by atoms with E-state index in [0.717, 1.165) is 19.5 Å². The molecule has 0 aliphatic rings. The summed E-state index contributed by atoms with van der Waals surface area (Å²) in [6, 6.07) is 0.292. The Morgan fingerprint density at radius 3 is 2.40 bits per heavy atom. The van der Waals surface area contributed by atoms with Crippen molar-refractivity contribution in [1.82, 2.24) is 15.0 Å². The van der Waals surface area contributed by atoms with E-state index >= 15 is 0 Å². The first-order chi connectivity index (χ1) is 9.49. The minimum atomic E-state index is 0.000478. The van der Waals surface area contributed by atoms with Gasteiger partial charge >= 0.3 is 6.01 Å². The van der Waals surface area contributed by atoms with Gasteiger partial charge in [0.1, 0.15) is 0 Å². The lowest BCUT2D eigenvalue weighted by Gasteiger charge is -2.24. The van der Waals surface area contributed by atoms with Crippen LogP contribution in [0, 0.1) is 5.92 Å². The topological polar surface area (TPSA) is 89.2 Å². The molecule has 1 rings (SSSR count). The number of hydrogen-bond donors (Lipinski definition) is 2. The second kappa shape index (κ2) is 7.84. The third-order valence-electron chi connectivity index (χ3n) is 2.97. The van der Waals surface area contributed by atoms with Gasteiger partial charge in [0.2, 0.25) is 11.9 Å². The molecule has 0 fully saturated rings. The highest BCUT2D eigenvalue weighted by atomic mass is 16.5. The molecule has 0 aliphatic heterocycles. The summed E-state index contributed by atoms with van der Waals surface area (Å²) in [6.07, 6.45) is 1.11. The number of nitrogens with two attached hydrogens (primary N) is 1. The number of ether oxygens (including phenoxy) is 1. The van der Waals surface area contributed by atoms with E-state index in [4.69, 9.17) is 10.6 Å². The van der Waals surface area contributed by atoms with Crippen molar-refractivity contribution >= 4 is 11.9 Å². The Kier molecular flexibility index (Phi) is 6.44. The lowest BCUT2D eigenvalue weighted by atomic mass is 10.1. The van der Waals surface area contributed by atoms with Crippen LogP contribution < -0.4 is 20.9 Å². The maximum Gasteiger partial charge on any atom is 0.323 e. The summed E-state index contributed by atoms with van der Waals surface area (Å²) in [4.78, 5) is 14.9. The number of hydrogen-bond acceptors (Lipinski definition) is 7. The Bertz CT molecular complexity index is 412. The first-order valence-electron chi connectivity index (χ1n) is 7.14. The van der Waals surface area contributed by atoms with E-state index in [2.05, 4.69) is 46.0 Å². The molecule has 3 N–H and O–H groups in total. The second-order valence-corrected chi connectivity index (χ2v) is 5.10. The van der Waals surface area contributed by atoms with Crippen molar-refractivity contribution in [3.8, 4) is 6.01 Å². The van der Waals surface area contributed by atoms with Crippen LogP contribution in [0.4, 0.5) is 11.9 Å². The molecular formula is C13H26N6O. The smallest absolute Gasteiger partial charge is 0.323 e. The third-order valence-corrected chi connectivity index (χ3v) is 2.97. The van der Waals surface area contributed by atoms with Crippen LogP contribution in [0.5, 0.6) is 6.01 Å². The third kappa shape index (κ3) is 4.80. The highest BCUT2D eigenvalue weighted by Crippen LogP contribution is 2.17. The summed E-state index contributed by atoms with van der Waals surface area (Å²) in [5, 5.41) is 0. The van der Waals surface area contributed by atoms with Crippen LogP contribution >= 0.6 is 0 Å². The van der Waals surface area contributed by atoms with Crippen LogP contribution in [-0.4, -0.2) is 34.1 Å². The van der Waals surface area contributed by atoms with Gasteiger partial charge in [0.05, 0.1) is 6.10 Å². The Hall–Kier alpha value is -1.63. The average molecular weight is 282 g/mol. The van der Waals surface area contributed by atoms with Crippen molar-refractivity contribution in [2.45, 2.75) is 47.1 Å². The lowest BCUT2D eigenvalue weighted by molar-refractivity contribution is 0.222. The van der Waals surface area contributed by atoms with Gasteiger partial charge in [-0.2, -0.15) is 15.0 Å². The highest BCUT2D eigenvalue weighted by molar-refractivity contribution is 5.37. The molecule has 7 heteroatoms. The van der Waals surface area contributed by atoms with E-state index in [9.17, 15) is 0 Å². The van der Waals surface area contributed by atoms with E-state index < -0.39 is 0 Å². The standard InChI is InChI=1S/C13H26N6O/c1-6-10(5)8-19(7-2)12-15-11(18-14)16-13(17-12)20-9(3)4/h9-10H,6-8,14H2,1-5H3,(H,15,16,17,18). The molecule has 20 heavy (non-hydrogen) atoms. The first kappa shape index (κ1) is 16.4. The Morgan fingerprint density at radius 1 is 1.20 bits per heavy atom. The molecule has 0 aromatic carbocycles. The molecule has 1 unspecified atom stereocenters. The molecule has 1 aromatic rings. The predicted molar refractivity (Wildman–Crippen MR) is 80.7 cm³/mol. The molecule has 7 nitrogen and oxygen atoms in total. The molecule has 1 heterocycles. The van der Waals surface area contributed by atoms with Crippen LogP contribution in [0.15, 0.2) is 0 Å². The number of aromatic nitrogens is 3. The molecule has 1 aromatic heterocycles. The van der Waals surface area contributed by atoms with Crippen molar-refractivity contribution in [3.05, 3.63) is 0 Å². The lowest BCUT2D eigenvalue weighted by Crippen LogP contribution is -2.30. The van der Waals surface area contributed by atoms with Gasteiger partial charge in [-0.05, 0) is 26.7 Å². The van der Waals surface area contributed by atoms with Gasteiger partial charge in [-0.25, -0.2) is 5.84 Å². The van der Waals surface area contributed by atoms with Crippen LogP contribution in [0.2, 0.25) is 0 Å². The minimum absolute atomic E-state index is 0.000478. The highest BCUT2D eigenvalue weighted by Gasteiger charge is 2.15. The van der Waals surface area contributed by atoms with Gasteiger partial charge in [-0.15, -0.1) is 0 Å². The number of hydrazine groups is 1. The molecule has 1 atom stereocenters. The molecule has 0 saturated carbocycles. The van der Waals surface area contributed by atoms with Crippen molar-refractivity contribution < 1.29 is 4.74 Å². The number of nitrogens with one attached hydrogen (secondary N) is 1. The Balaban J connectivity index is 3.00. The van der Waals surface area contributed by atoms with E-state index in [1.54, 1.807) is 0 Å². The minimum Gasteiger partial charge on any atom is -0.461 e. The molecule has 0 aliphatic carbocycles. The Labute approximate surface area is 120 Å². The van der Waals surface area contributed by atoms with Gasteiger partial charge in [0, 0.05) is 13.1 Å². The molecule has 0 bridgehead atoms. The second-order valence-electron chi connectivity index (χ2n) is 5.10. The number of nitrogens with zero attached hydrogens (tertiary/aromatic N) is 4. The maximum absolute atomic E-state index is 5.54. The quantitative estimate of drug-likeness (QED) is 0.555.